The molecule has 0 bridgehead atoms. The molecule has 4 atom stereocenters. The van der Waals surface area contributed by atoms with E-state index in [2.05, 4.69) is 26.7 Å². The summed E-state index contributed by atoms with van der Waals surface area (Å²) in [7, 11) is 0. The molecule has 2 fully saturated rings. The number of ether oxygens (including phenoxy) is 1. The smallest absolute Gasteiger partial charge is 0.251 e. The van der Waals surface area contributed by atoms with Crippen LogP contribution in [0.4, 0.5) is 10.1 Å². The SMILES string of the molecule is C[C@@H]1CN(c2ccc(C#N)c3nccnc23)C[C@H](C(=O)N[C@H]2CNC[C@H]2F)O1. The van der Waals surface area contributed by atoms with Gasteiger partial charge in [-0.05, 0) is 19.1 Å². The number of halogens is 1. The Labute approximate surface area is 161 Å². The fourth-order valence-corrected chi connectivity index (χ4v) is 3.75. The standard InChI is InChI=1S/C19H21FN6O2/c1-11-9-26(10-16(28-11)19(27)25-14-8-22-7-13(14)20)15-3-2-12(6-21)17-18(15)24-5-4-23-17/h2-5,11,13-14,16,22H,7-10H2,1H3,(H,25,27)/t11-,13-,14+,16-/m1/s1. The predicted octanol–water partition coefficient (Wildman–Crippen LogP) is 0.521. The van der Waals surface area contributed by atoms with Gasteiger partial charge in [0.15, 0.2) is 6.10 Å². The van der Waals surface area contributed by atoms with Crippen LogP contribution in [-0.2, 0) is 9.53 Å². The zero-order valence-electron chi connectivity index (χ0n) is 15.4. The van der Waals surface area contributed by atoms with E-state index in [0.29, 0.717) is 36.2 Å². The van der Waals surface area contributed by atoms with E-state index in [1.165, 1.54) is 0 Å². The summed E-state index contributed by atoms with van der Waals surface area (Å²) >= 11 is 0. The van der Waals surface area contributed by atoms with Gasteiger partial charge in [0, 0.05) is 32.0 Å². The van der Waals surface area contributed by atoms with Crippen molar-refractivity contribution in [2.75, 3.05) is 31.1 Å². The van der Waals surface area contributed by atoms with Crippen molar-refractivity contribution in [3.8, 4) is 6.07 Å². The molecule has 0 aliphatic carbocycles. The summed E-state index contributed by atoms with van der Waals surface area (Å²) in [5, 5.41) is 15.0. The van der Waals surface area contributed by atoms with Crippen LogP contribution in [-0.4, -0.2) is 66.5 Å². The molecule has 1 aromatic carbocycles. The Morgan fingerprint density at radius 2 is 2.11 bits per heavy atom. The number of hydrogen-bond donors (Lipinski definition) is 2. The van der Waals surface area contributed by atoms with E-state index in [-0.39, 0.29) is 18.6 Å². The van der Waals surface area contributed by atoms with Crippen molar-refractivity contribution >= 4 is 22.6 Å². The van der Waals surface area contributed by atoms with Crippen molar-refractivity contribution in [3.05, 3.63) is 30.1 Å². The van der Waals surface area contributed by atoms with Crippen molar-refractivity contribution in [3.63, 3.8) is 0 Å². The molecule has 0 unspecified atom stereocenters. The second kappa shape index (κ2) is 7.66. The number of nitriles is 1. The molecule has 2 saturated heterocycles. The Hall–Kier alpha value is -2.83. The van der Waals surface area contributed by atoms with Gasteiger partial charge in [-0.15, -0.1) is 0 Å². The number of morpholine rings is 1. The van der Waals surface area contributed by atoms with Gasteiger partial charge in [-0.25, -0.2) is 4.39 Å². The highest BCUT2D eigenvalue weighted by atomic mass is 19.1. The maximum atomic E-state index is 13.8. The Bertz CT molecular complexity index is 932. The van der Waals surface area contributed by atoms with Crippen molar-refractivity contribution in [1.82, 2.24) is 20.6 Å². The molecule has 8 nitrogen and oxygen atoms in total. The third kappa shape index (κ3) is 3.48. The topological polar surface area (TPSA) is 103 Å². The number of hydrogen-bond acceptors (Lipinski definition) is 7. The van der Waals surface area contributed by atoms with Crippen molar-refractivity contribution in [1.29, 1.82) is 5.26 Å². The molecule has 0 saturated carbocycles. The molecule has 2 aliphatic heterocycles. The largest absolute Gasteiger partial charge is 0.364 e. The van der Waals surface area contributed by atoms with Crippen molar-refractivity contribution < 1.29 is 13.9 Å². The quantitative estimate of drug-likeness (QED) is 0.795. The van der Waals surface area contributed by atoms with Crippen LogP contribution in [0.1, 0.15) is 12.5 Å². The second-order valence-electron chi connectivity index (χ2n) is 7.13. The first-order valence-corrected chi connectivity index (χ1v) is 9.26. The minimum absolute atomic E-state index is 0.199. The van der Waals surface area contributed by atoms with Gasteiger partial charge >= 0.3 is 0 Å². The predicted molar refractivity (Wildman–Crippen MR) is 100 cm³/mol. The molecule has 28 heavy (non-hydrogen) atoms. The van der Waals surface area contributed by atoms with Gasteiger partial charge in [0.2, 0.25) is 0 Å². The average molecular weight is 384 g/mol. The Morgan fingerprint density at radius 3 is 2.82 bits per heavy atom. The Balaban J connectivity index is 1.58. The van der Waals surface area contributed by atoms with E-state index in [9.17, 15) is 14.4 Å². The minimum Gasteiger partial charge on any atom is -0.364 e. The van der Waals surface area contributed by atoms with Crippen molar-refractivity contribution in [2.45, 2.75) is 31.3 Å². The fraction of sp³-hybridized carbons (Fsp3) is 0.474. The Morgan fingerprint density at radius 1 is 1.32 bits per heavy atom. The van der Waals surface area contributed by atoms with Gasteiger partial charge in [-0.1, -0.05) is 0 Å². The van der Waals surface area contributed by atoms with Crippen LogP contribution in [0.5, 0.6) is 0 Å². The summed E-state index contributed by atoms with van der Waals surface area (Å²) in [6.07, 6.45) is 1.11. The van der Waals surface area contributed by atoms with Gasteiger partial charge < -0.3 is 20.3 Å². The summed E-state index contributed by atoms with van der Waals surface area (Å²) in [6.45, 7) is 3.42. The summed E-state index contributed by atoms with van der Waals surface area (Å²) < 4.78 is 19.6. The number of fused-ring (bicyclic) bond motifs is 1. The van der Waals surface area contributed by atoms with E-state index in [1.807, 2.05) is 17.9 Å². The van der Waals surface area contributed by atoms with Crippen LogP contribution >= 0.6 is 0 Å². The molecular formula is C19H21FN6O2. The summed E-state index contributed by atoms with van der Waals surface area (Å²) in [4.78, 5) is 23.4. The highest BCUT2D eigenvalue weighted by molar-refractivity contribution is 5.92. The van der Waals surface area contributed by atoms with Gasteiger partial charge in [0.1, 0.15) is 23.3 Å². The normalized spacial score (nSPS) is 27.5. The first-order chi connectivity index (χ1) is 13.6. The number of rotatable bonds is 3. The molecule has 3 heterocycles. The van der Waals surface area contributed by atoms with E-state index < -0.39 is 18.3 Å². The maximum absolute atomic E-state index is 13.8. The first-order valence-electron chi connectivity index (χ1n) is 9.26. The zero-order chi connectivity index (χ0) is 19.7. The summed E-state index contributed by atoms with van der Waals surface area (Å²) in [5.41, 5.74) is 2.38. The first kappa shape index (κ1) is 18.5. The number of carbonyl (C=O) groups excluding carboxylic acids is 1. The summed E-state index contributed by atoms with van der Waals surface area (Å²) in [6, 6.07) is 5.12. The van der Waals surface area contributed by atoms with E-state index in [0.717, 1.165) is 5.69 Å². The van der Waals surface area contributed by atoms with Crippen molar-refractivity contribution in [2.24, 2.45) is 0 Å². The number of aromatic nitrogens is 2. The number of nitrogens with one attached hydrogen (secondary N) is 2. The number of benzene rings is 1. The lowest BCUT2D eigenvalue weighted by Gasteiger charge is -2.38. The number of nitrogens with zero attached hydrogens (tertiary/aromatic N) is 4. The van der Waals surface area contributed by atoms with Crippen LogP contribution in [0.15, 0.2) is 24.5 Å². The molecule has 0 spiro atoms. The molecule has 9 heteroatoms. The highest BCUT2D eigenvalue weighted by Crippen LogP contribution is 2.28. The van der Waals surface area contributed by atoms with E-state index >= 15 is 0 Å². The van der Waals surface area contributed by atoms with Crippen LogP contribution in [0, 0.1) is 11.3 Å². The summed E-state index contributed by atoms with van der Waals surface area (Å²) in [5.74, 6) is -0.322. The molecule has 2 aliphatic rings. The monoisotopic (exact) mass is 384 g/mol. The van der Waals surface area contributed by atoms with Gasteiger partial charge in [-0.2, -0.15) is 5.26 Å². The second-order valence-corrected chi connectivity index (χ2v) is 7.13. The zero-order valence-corrected chi connectivity index (χ0v) is 15.4. The number of amides is 1. The number of anilines is 1. The number of alkyl halides is 1. The molecule has 0 radical (unpaired) electrons. The third-order valence-corrected chi connectivity index (χ3v) is 5.09. The van der Waals surface area contributed by atoms with Gasteiger partial charge in [0.25, 0.3) is 5.91 Å². The third-order valence-electron chi connectivity index (χ3n) is 5.09. The van der Waals surface area contributed by atoms with Gasteiger partial charge in [0.05, 0.1) is 29.9 Å². The lowest BCUT2D eigenvalue weighted by molar-refractivity contribution is -0.138. The number of carbonyl (C=O) groups is 1. The highest BCUT2D eigenvalue weighted by Gasteiger charge is 2.35. The lowest BCUT2D eigenvalue weighted by Crippen LogP contribution is -2.55. The molecule has 1 aromatic heterocycles. The Kier molecular flexibility index (Phi) is 5.07. The molecular weight excluding hydrogens is 363 g/mol. The average Bonchev–Trinajstić information content (AvgIpc) is 3.11. The molecule has 2 aromatic rings. The van der Waals surface area contributed by atoms with Crippen LogP contribution in [0.2, 0.25) is 0 Å². The molecule has 2 N–H and O–H groups in total. The lowest BCUT2D eigenvalue weighted by atomic mass is 10.1. The maximum Gasteiger partial charge on any atom is 0.251 e. The van der Waals surface area contributed by atoms with E-state index in [1.54, 1.807) is 18.5 Å². The van der Waals surface area contributed by atoms with E-state index in [4.69, 9.17) is 4.74 Å². The van der Waals surface area contributed by atoms with Gasteiger partial charge in [-0.3, -0.25) is 14.8 Å². The minimum atomic E-state index is -1.10. The van der Waals surface area contributed by atoms with Crippen LogP contribution < -0.4 is 15.5 Å². The molecule has 1 amide bonds. The molecule has 4 rings (SSSR count). The van der Waals surface area contributed by atoms with Crippen LogP contribution in [0.25, 0.3) is 11.0 Å². The fourth-order valence-electron chi connectivity index (χ4n) is 3.75. The molecule has 146 valence electrons. The van der Waals surface area contributed by atoms with Crippen LogP contribution in [0.3, 0.4) is 0 Å².